The van der Waals surface area contributed by atoms with Crippen LogP contribution >= 0.6 is 0 Å². The highest BCUT2D eigenvalue weighted by Gasteiger charge is 2.23. The van der Waals surface area contributed by atoms with E-state index in [9.17, 15) is 4.79 Å². The van der Waals surface area contributed by atoms with E-state index in [-0.39, 0.29) is 5.91 Å². The van der Waals surface area contributed by atoms with E-state index in [0.717, 1.165) is 25.3 Å². The molecule has 1 aliphatic carbocycles. The van der Waals surface area contributed by atoms with Crippen molar-refractivity contribution in [1.82, 2.24) is 10.6 Å². The summed E-state index contributed by atoms with van der Waals surface area (Å²) in [5, 5.41) is 6.21. The number of rotatable bonds is 7. The molecule has 1 fully saturated rings. The van der Waals surface area contributed by atoms with Crippen LogP contribution in [-0.2, 0) is 4.79 Å². The van der Waals surface area contributed by atoms with Crippen molar-refractivity contribution in [3.63, 3.8) is 0 Å². The maximum absolute atomic E-state index is 11.4. The molecule has 0 aromatic heterocycles. The lowest BCUT2D eigenvalue weighted by Gasteiger charge is -2.31. The Bertz CT molecular complexity index is 190. The van der Waals surface area contributed by atoms with Crippen LogP contribution in [0.25, 0.3) is 0 Å². The first-order valence-corrected chi connectivity index (χ1v) is 6.24. The molecule has 0 heterocycles. The van der Waals surface area contributed by atoms with E-state index in [1.54, 1.807) is 0 Å². The van der Waals surface area contributed by atoms with Crippen molar-refractivity contribution in [2.75, 3.05) is 13.1 Å². The van der Waals surface area contributed by atoms with Crippen LogP contribution in [0.4, 0.5) is 0 Å². The topological polar surface area (TPSA) is 41.1 Å². The van der Waals surface area contributed by atoms with Crippen LogP contribution in [0.5, 0.6) is 0 Å². The average Bonchev–Trinajstić information content (AvgIpc) is 2.12. The Morgan fingerprint density at radius 2 is 2.20 bits per heavy atom. The monoisotopic (exact) mass is 212 g/mol. The standard InChI is InChI=1S/C12H24N2O/c1-3-4-8-13-12(15)9-14-10(2)11-6-5-7-11/h10-11,14H,3-9H2,1-2H3,(H,13,15). The maximum atomic E-state index is 11.4. The van der Waals surface area contributed by atoms with Crippen molar-refractivity contribution < 1.29 is 4.79 Å². The second kappa shape index (κ2) is 6.83. The minimum absolute atomic E-state index is 0.134. The number of unbranched alkanes of at least 4 members (excludes halogenated alkanes) is 1. The average molecular weight is 212 g/mol. The highest BCUT2D eigenvalue weighted by molar-refractivity contribution is 5.77. The second-order valence-corrected chi connectivity index (χ2v) is 4.56. The van der Waals surface area contributed by atoms with E-state index < -0.39 is 0 Å². The predicted molar refractivity (Wildman–Crippen MR) is 62.7 cm³/mol. The molecule has 88 valence electrons. The summed E-state index contributed by atoms with van der Waals surface area (Å²) in [6.45, 7) is 5.60. The normalized spacial score (nSPS) is 18.3. The Morgan fingerprint density at radius 1 is 1.47 bits per heavy atom. The molecule has 1 atom stereocenters. The van der Waals surface area contributed by atoms with Crippen LogP contribution in [-0.4, -0.2) is 25.0 Å². The zero-order chi connectivity index (χ0) is 11.1. The second-order valence-electron chi connectivity index (χ2n) is 4.56. The fourth-order valence-electron chi connectivity index (χ4n) is 1.83. The quantitative estimate of drug-likeness (QED) is 0.630. The van der Waals surface area contributed by atoms with Gasteiger partial charge in [-0.2, -0.15) is 0 Å². The third-order valence-electron chi connectivity index (χ3n) is 3.29. The fourth-order valence-corrected chi connectivity index (χ4v) is 1.83. The van der Waals surface area contributed by atoms with Crippen LogP contribution < -0.4 is 10.6 Å². The molecule has 3 heteroatoms. The molecular weight excluding hydrogens is 188 g/mol. The molecule has 1 unspecified atom stereocenters. The van der Waals surface area contributed by atoms with Gasteiger partial charge in [-0.3, -0.25) is 4.79 Å². The lowest BCUT2D eigenvalue weighted by Crippen LogP contribution is -2.43. The Kier molecular flexibility index (Phi) is 5.69. The summed E-state index contributed by atoms with van der Waals surface area (Å²) in [5.74, 6) is 0.933. The first kappa shape index (κ1) is 12.5. The summed E-state index contributed by atoms with van der Waals surface area (Å²) in [6.07, 6.45) is 6.22. The van der Waals surface area contributed by atoms with Crippen LogP contribution in [0.15, 0.2) is 0 Å². The van der Waals surface area contributed by atoms with Gasteiger partial charge in [-0.05, 0) is 32.1 Å². The Balaban J connectivity index is 2.00. The van der Waals surface area contributed by atoms with Gasteiger partial charge in [0.15, 0.2) is 0 Å². The smallest absolute Gasteiger partial charge is 0.233 e. The van der Waals surface area contributed by atoms with Crippen molar-refractivity contribution in [3.05, 3.63) is 0 Å². The van der Waals surface area contributed by atoms with Crippen LogP contribution in [0.2, 0.25) is 0 Å². The van der Waals surface area contributed by atoms with Gasteiger partial charge in [0.2, 0.25) is 5.91 Å². The Morgan fingerprint density at radius 3 is 2.73 bits per heavy atom. The van der Waals surface area contributed by atoms with E-state index in [1.807, 2.05) is 0 Å². The van der Waals surface area contributed by atoms with Gasteiger partial charge >= 0.3 is 0 Å². The van der Waals surface area contributed by atoms with Gasteiger partial charge in [-0.15, -0.1) is 0 Å². The van der Waals surface area contributed by atoms with Crippen molar-refractivity contribution in [1.29, 1.82) is 0 Å². The van der Waals surface area contributed by atoms with Crippen LogP contribution in [0.3, 0.4) is 0 Å². The van der Waals surface area contributed by atoms with Crippen molar-refractivity contribution in [2.24, 2.45) is 5.92 Å². The van der Waals surface area contributed by atoms with Gasteiger partial charge in [0.05, 0.1) is 6.54 Å². The van der Waals surface area contributed by atoms with Gasteiger partial charge in [0, 0.05) is 12.6 Å². The van der Waals surface area contributed by atoms with Crippen molar-refractivity contribution in [3.8, 4) is 0 Å². The summed E-state index contributed by atoms with van der Waals surface area (Å²) >= 11 is 0. The molecule has 0 aliphatic heterocycles. The summed E-state index contributed by atoms with van der Waals surface area (Å²) in [5.41, 5.74) is 0. The molecule has 0 aromatic rings. The molecule has 0 radical (unpaired) electrons. The fraction of sp³-hybridized carbons (Fsp3) is 0.917. The Labute approximate surface area is 93.0 Å². The maximum Gasteiger partial charge on any atom is 0.233 e. The molecule has 1 rings (SSSR count). The molecule has 0 spiro atoms. The highest BCUT2D eigenvalue weighted by Crippen LogP contribution is 2.29. The minimum Gasteiger partial charge on any atom is -0.355 e. The third kappa shape index (κ3) is 4.65. The van der Waals surface area contributed by atoms with Gasteiger partial charge < -0.3 is 10.6 Å². The summed E-state index contributed by atoms with van der Waals surface area (Å²) < 4.78 is 0. The minimum atomic E-state index is 0.134. The summed E-state index contributed by atoms with van der Waals surface area (Å²) in [7, 11) is 0. The number of hydrogen-bond acceptors (Lipinski definition) is 2. The van der Waals surface area contributed by atoms with Gasteiger partial charge in [0.25, 0.3) is 0 Å². The molecular formula is C12H24N2O. The zero-order valence-electron chi connectivity index (χ0n) is 10.0. The van der Waals surface area contributed by atoms with E-state index in [1.165, 1.54) is 19.3 Å². The summed E-state index contributed by atoms with van der Waals surface area (Å²) in [6, 6.07) is 0.496. The number of hydrogen-bond donors (Lipinski definition) is 2. The lowest BCUT2D eigenvalue weighted by molar-refractivity contribution is -0.120. The van der Waals surface area contributed by atoms with Crippen molar-refractivity contribution in [2.45, 2.75) is 52.0 Å². The van der Waals surface area contributed by atoms with E-state index in [4.69, 9.17) is 0 Å². The molecule has 1 aliphatic rings. The van der Waals surface area contributed by atoms with Gasteiger partial charge in [0.1, 0.15) is 0 Å². The van der Waals surface area contributed by atoms with Crippen molar-refractivity contribution >= 4 is 5.91 Å². The third-order valence-corrected chi connectivity index (χ3v) is 3.29. The molecule has 15 heavy (non-hydrogen) atoms. The van der Waals surface area contributed by atoms with Gasteiger partial charge in [-0.25, -0.2) is 0 Å². The largest absolute Gasteiger partial charge is 0.355 e. The van der Waals surface area contributed by atoms with E-state index >= 15 is 0 Å². The zero-order valence-corrected chi connectivity index (χ0v) is 10.0. The lowest BCUT2D eigenvalue weighted by atomic mass is 9.80. The number of carbonyl (C=O) groups excluding carboxylic acids is 1. The number of amides is 1. The predicted octanol–water partition coefficient (Wildman–Crippen LogP) is 1.68. The first-order chi connectivity index (χ1) is 7.24. The molecule has 0 bridgehead atoms. The van der Waals surface area contributed by atoms with Gasteiger partial charge in [-0.1, -0.05) is 19.8 Å². The molecule has 2 N–H and O–H groups in total. The summed E-state index contributed by atoms with van der Waals surface area (Å²) in [4.78, 5) is 11.4. The Hall–Kier alpha value is -0.570. The SMILES string of the molecule is CCCCNC(=O)CNC(C)C1CCC1. The van der Waals surface area contributed by atoms with E-state index in [2.05, 4.69) is 24.5 Å². The molecule has 1 amide bonds. The first-order valence-electron chi connectivity index (χ1n) is 6.24. The number of carbonyl (C=O) groups is 1. The van der Waals surface area contributed by atoms with Crippen LogP contribution in [0, 0.1) is 5.92 Å². The molecule has 1 saturated carbocycles. The molecule has 3 nitrogen and oxygen atoms in total. The van der Waals surface area contributed by atoms with Crippen LogP contribution in [0.1, 0.15) is 46.0 Å². The highest BCUT2D eigenvalue weighted by atomic mass is 16.1. The number of nitrogens with one attached hydrogen (secondary N) is 2. The molecule has 0 saturated heterocycles. The van der Waals surface area contributed by atoms with E-state index in [0.29, 0.717) is 12.6 Å². The molecule has 0 aromatic carbocycles.